The van der Waals surface area contributed by atoms with Crippen LogP contribution in [0.4, 0.5) is 4.39 Å². The van der Waals surface area contributed by atoms with Gasteiger partial charge in [-0.2, -0.15) is 0 Å². The molecular formula is C26H25ClFN3O5S. The number of nitrogens with two attached hydrogens (primary N) is 1. The van der Waals surface area contributed by atoms with E-state index in [9.17, 15) is 14.0 Å². The number of carboxylic acid groups (broad SMARTS) is 1. The Labute approximate surface area is 221 Å². The average Bonchev–Trinajstić information content (AvgIpc) is 3.36. The lowest BCUT2D eigenvalue weighted by molar-refractivity contribution is -0.0173. The van der Waals surface area contributed by atoms with Crippen molar-refractivity contribution in [2.45, 2.75) is 38.5 Å². The molecule has 2 aromatic carbocycles. The summed E-state index contributed by atoms with van der Waals surface area (Å²) in [5.74, 6) is -0.949. The molecule has 37 heavy (non-hydrogen) atoms. The average molecular weight is 546 g/mol. The minimum absolute atomic E-state index is 0.00108. The topological polar surface area (TPSA) is 115 Å². The number of hydrogen-bond acceptors (Lipinski definition) is 7. The molecule has 6 rings (SSSR count). The summed E-state index contributed by atoms with van der Waals surface area (Å²) in [6, 6.07) is 10.3. The van der Waals surface area contributed by atoms with E-state index in [1.807, 2.05) is 36.1 Å². The van der Waals surface area contributed by atoms with E-state index in [-0.39, 0.29) is 36.7 Å². The van der Waals surface area contributed by atoms with Gasteiger partial charge >= 0.3 is 5.97 Å². The van der Waals surface area contributed by atoms with E-state index < -0.39 is 11.8 Å². The fraction of sp³-hybridized carbons (Fsp3) is 0.346. The first-order valence-corrected chi connectivity index (χ1v) is 13.0. The molecule has 1 aromatic heterocycles. The van der Waals surface area contributed by atoms with Gasteiger partial charge in [-0.3, -0.25) is 4.79 Å². The summed E-state index contributed by atoms with van der Waals surface area (Å²) in [5, 5.41) is 10.3. The molecule has 1 amide bonds. The van der Waals surface area contributed by atoms with Crippen LogP contribution < -0.4 is 10.5 Å². The van der Waals surface area contributed by atoms with Crippen LogP contribution in [0.1, 0.15) is 44.3 Å². The van der Waals surface area contributed by atoms with E-state index in [4.69, 9.17) is 31.9 Å². The number of aryl methyl sites for hydroxylation is 1. The van der Waals surface area contributed by atoms with Gasteiger partial charge in [0.15, 0.2) is 6.79 Å². The molecule has 0 radical (unpaired) electrons. The summed E-state index contributed by atoms with van der Waals surface area (Å²) in [5.41, 5.74) is 7.62. The standard InChI is InChI=1S/C17H18ClN3OS.C9H7FO4/c1-9-20-15(16(23-9)10-3-2-4-12(18)5-10)17(22)21-13(8-19)6-11-7-14(11)21;10-6-1-5-3-13-4-14-8(5)7(2-6)9(11)12/h2-5,11,13-14H,6-8,19H2,1H3;1-2H,3-4H2,(H,11,12)/t11-,13+,14+;/m1./s1. The van der Waals surface area contributed by atoms with Crippen LogP contribution in [0.15, 0.2) is 36.4 Å². The van der Waals surface area contributed by atoms with Crippen molar-refractivity contribution in [1.82, 2.24) is 9.88 Å². The Hall–Kier alpha value is -3.05. The number of carbonyl (C=O) groups is 2. The zero-order valence-corrected chi connectivity index (χ0v) is 21.5. The van der Waals surface area contributed by atoms with Gasteiger partial charge in [0.1, 0.15) is 22.8 Å². The van der Waals surface area contributed by atoms with Crippen LogP contribution in [0.25, 0.3) is 10.4 Å². The Morgan fingerprint density at radius 2 is 2.11 bits per heavy atom. The van der Waals surface area contributed by atoms with E-state index in [2.05, 4.69) is 4.98 Å². The predicted octanol–water partition coefficient (Wildman–Crippen LogP) is 4.72. The molecule has 3 aromatic rings. The summed E-state index contributed by atoms with van der Waals surface area (Å²) in [6.07, 6.45) is 2.14. The maximum Gasteiger partial charge on any atom is 0.339 e. The molecule has 3 N–H and O–H groups in total. The molecule has 0 bridgehead atoms. The number of amides is 1. The summed E-state index contributed by atoms with van der Waals surface area (Å²) in [4.78, 5) is 31.3. The number of thiazole rings is 1. The highest BCUT2D eigenvalue weighted by Gasteiger charge is 2.54. The first-order chi connectivity index (χ1) is 17.8. The summed E-state index contributed by atoms with van der Waals surface area (Å²) in [7, 11) is 0. The normalized spacial score (nSPS) is 21.3. The van der Waals surface area contributed by atoms with Crippen LogP contribution in [-0.4, -0.2) is 52.3 Å². The molecule has 1 aliphatic carbocycles. The molecular weight excluding hydrogens is 521 g/mol. The summed E-state index contributed by atoms with van der Waals surface area (Å²) >= 11 is 7.65. The molecule has 8 nitrogen and oxygen atoms in total. The maximum atomic E-state index is 13.1. The lowest BCUT2D eigenvalue weighted by atomic mass is 10.1. The number of piperidine rings is 1. The van der Waals surface area contributed by atoms with Crippen molar-refractivity contribution >= 4 is 34.8 Å². The van der Waals surface area contributed by atoms with Gasteiger partial charge in [-0.25, -0.2) is 14.2 Å². The fourth-order valence-corrected chi connectivity index (χ4v) is 6.04. The lowest BCUT2D eigenvalue weighted by Gasteiger charge is -2.26. The van der Waals surface area contributed by atoms with Crippen molar-refractivity contribution in [1.29, 1.82) is 0 Å². The smallest absolute Gasteiger partial charge is 0.339 e. The number of ether oxygens (including phenoxy) is 2. The molecule has 2 aliphatic heterocycles. The molecule has 2 fully saturated rings. The Bertz CT molecular complexity index is 1370. The molecule has 3 heterocycles. The van der Waals surface area contributed by atoms with Crippen molar-refractivity contribution in [3.8, 4) is 16.2 Å². The number of nitrogens with zero attached hydrogens (tertiary/aromatic N) is 2. The molecule has 1 saturated heterocycles. The highest BCUT2D eigenvalue weighted by atomic mass is 35.5. The van der Waals surface area contributed by atoms with E-state index in [1.165, 1.54) is 17.4 Å². The molecule has 0 spiro atoms. The number of aromatic carboxylic acids is 1. The molecule has 0 unspecified atom stereocenters. The number of carbonyl (C=O) groups excluding carboxylic acids is 1. The number of aromatic nitrogens is 1. The Kier molecular flexibility index (Phi) is 7.17. The predicted molar refractivity (Wildman–Crippen MR) is 136 cm³/mol. The van der Waals surface area contributed by atoms with Gasteiger partial charge in [-0.05, 0) is 55.5 Å². The van der Waals surface area contributed by atoms with Crippen LogP contribution in [0.5, 0.6) is 5.75 Å². The number of benzene rings is 2. The maximum absolute atomic E-state index is 13.1. The molecule has 3 aliphatic rings. The van der Waals surface area contributed by atoms with Gasteiger partial charge in [0.05, 0.1) is 16.5 Å². The number of likely N-dealkylation sites (tertiary alicyclic amines) is 1. The quantitative estimate of drug-likeness (QED) is 0.487. The third kappa shape index (κ3) is 5.19. The van der Waals surface area contributed by atoms with Crippen molar-refractivity contribution in [3.63, 3.8) is 0 Å². The molecule has 1 saturated carbocycles. The second-order valence-electron chi connectivity index (χ2n) is 9.18. The van der Waals surface area contributed by atoms with Gasteiger partial charge in [-0.1, -0.05) is 23.7 Å². The van der Waals surface area contributed by atoms with Gasteiger partial charge < -0.3 is 25.2 Å². The second-order valence-corrected chi connectivity index (χ2v) is 10.8. The first-order valence-electron chi connectivity index (χ1n) is 11.8. The largest absolute Gasteiger partial charge is 0.478 e. The van der Waals surface area contributed by atoms with Gasteiger partial charge in [0, 0.05) is 29.2 Å². The monoisotopic (exact) mass is 545 g/mol. The van der Waals surface area contributed by atoms with Crippen LogP contribution in [0.3, 0.4) is 0 Å². The molecule has 11 heteroatoms. The minimum Gasteiger partial charge on any atom is -0.478 e. The van der Waals surface area contributed by atoms with Crippen LogP contribution >= 0.6 is 22.9 Å². The van der Waals surface area contributed by atoms with Crippen molar-refractivity contribution in [2.24, 2.45) is 11.7 Å². The Balaban J connectivity index is 0.000000171. The summed E-state index contributed by atoms with van der Waals surface area (Å²) < 4.78 is 22.8. The van der Waals surface area contributed by atoms with Crippen LogP contribution in [0, 0.1) is 18.7 Å². The van der Waals surface area contributed by atoms with Crippen molar-refractivity contribution in [3.05, 3.63) is 69.1 Å². The zero-order chi connectivity index (χ0) is 26.3. The number of halogens is 2. The number of carboxylic acids is 1. The van der Waals surface area contributed by atoms with E-state index >= 15 is 0 Å². The Morgan fingerprint density at radius 3 is 2.84 bits per heavy atom. The summed E-state index contributed by atoms with van der Waals surface area (Å²) in [6.45, 7) is 2.63. The van der Waals surface area contributed by atoms with Gasteiger partial charge in [-0.15, -0.1) is 11.3 Å². The number of fused-ring (bicyclic) bond motifs is 2. The molecule has 3 atom stereocenters. The minimum atomic E-state index is -1.21. The Morgan fingerprint density at radius 1 is 1.30 bits per heavy atom. The van der Waals surface area contributed by atoms with Crippen molar-refractivity contribution in [2.75, 3.05) is 13.3 Å². The third-order valence-corrected chi connectivity index (χ3v) is 7.90. The second kappa shape index (κ2) is 10.4. The first kappa shape index (κ1) is 25.6. The fourth-order valence-electron chi connectivity index (χ4n) is 4.94. The number of rotatable bonds is 4. The highest BCUT2D eigenvalue weighted by Crippen LogP contribution is 2.48. The lowest BCUT2D eigenvalue weighted by Crippen LogP contribution is -2.42. The van der Waals surface area contributed by atoms with Crippen LogP contribution in [0.2, 0.25) is 5.02 Å². The van der Waals surface area contributed by atoms with Gasteiger partial charge in [0.2, 0.25) is 0 Å². The van der Waals surface area contributed by atoms with Crippen molar-refractivity contribution < 1.29 is 28.6 Å². The molecule has 194 valence electrons. The van der Waals surface area contributed by atoms with Gasteiger partial charge in [0.25, 0.3) is 5.91 Å². The van der Waals surface area contributed by atoms with E-state index in [0.717, 1.165) is 34.4 Å². The zero-order valence-electron chi connectivity index (χ0n) is 19.9. The van der Waals surface area contributed by atoms with E-state index in [0.29, 0.717) is 34.8 Å². The van der Waals surface area contributed by atoms with E-state index in [1.54, 1.807) is 0 Å². The highest BCUT2D eigenvalue weighted by molar-refractivity contribution is 7.15. The van der Waals surface area contributed by atoms with Crippen LogP contribution in [-0.2, 0) is 11.3 Å². The number of hydrogen-bond donors (Lipinski definition) is 2. The SMILES string of the molecule is Cc1nc(C(=O)N2[C@H](CN)C[C@@H]3C[C@@H]32)c(-c2cccc(Cl)c2)s1.O=C(O)c1cc(F)cc2c1OCOC2. The third-order valence-electron chi connectivity index (χ3n) is 6.65.